The Morgan fingerprint density at radius 2 is 2.06 bits per heavy atom. The lowest BCUT2D eigenvalue weighted by Crippen LogP contribution is -2.22. The first-order valence-electron chi connectivity index (χ1n) is 5.71. The Balaban J connectivity index is 2.06. The second-order valence-electron chi connectivity index (χ2n) is 4.38. The molecule has 1 atom stereocenters. The monoisotopic (exact) mass is 236 g/mol. The Hall–Kier alpha value is -1.47. The van der Waals surface area contributed by atoms with Gasteiger partial charge in [0.15, 0.2) is 0 Å². The predicted octanol–water partition coefficient (Wildman–Crippen LogP) is 3.19. The molecule has 0 spiro atoms. The average molecular weight is 236 g/mol. The van der Waals surface area contributed by atoms with Crippen LogP contribution in [0.15, 0.2) is 24.3 Å². The molecule has 0 aromatic heterocycles. The summed E-state index contributed by atoms with van der Waals surface area (Å²) in [7, 11) is 0. The molecule has 0 aliphatic heterocycles. The van der Waals surface area contributed by atoms with Crippen molar-refractivity contribution in [3.63, 3.8) is 0 Å². The number of alkyl halides is 2. The molecule has 90 valence electrons. The second kappa shape index (κ2) is 5.24. The minimum atomic E-state index is -2.49. The van der Waals surface area contributed by atoms with Crippen LogP contribution in [-0.4, -0.2) is 6.54 Å². The van der Waals surface area contributed by atoms with Crippen LogP contribution in [0, 0.1) is 17.2 Å². The SMILES string of the molecule is N#CC(NCC1CC1)c1cccc(C(F)F)c1. The molecule has 1 unspecified atom stereocenters. The molecule has 1 aliphatic rings. The van der Waals surface area contributed by atoms with Crippen molar-refractivity contribution in [2.45, 2.75) is 25.3 Å². The number of nitriles is 1. The van der Waals surface area contributed by atoms with Gasteiger partial charge < -0.3 is 0 Å². The molecule has 1 aliphatic carbocycles. The zero-order valence-electron chi connectivity index (χ0n) is 9.37. The fourth-order valence-corrected chi connectivity index (χ4v) is 1.72. The summed E-state index contributed by atoms with van der Waals surface area (Å²) < 4.78 is 25.1. The minimum absolute atomic E-state index is 0.0315. The lowest BCUT2D eigenvalue weighted by atomic mass is 10.0. The number of rotatable bonds is 5. The summed E-state index contributed by atoms with van der Waals surface area (Å²) in [5.74, 6) is 0.657. The summed E-state index contributed by atoms with van der Waals surface area (Å²) in [4.78, 5) is 0. The quantitative estimate of drug-likeness (QED) is 0.852. The molecule has 17 heavy (non-hydrogen) atoms. The van der Waals surface area contributed by atoms with E-state index in [4.69, 9.17) is 5.26 Å². The third kappa shape index (κ3) is 3.24. The van der Waals surface area contributed by atoms with E-state index in [0.29, 0.717) is 11.5 Å². The van der Waals surface area contributed by atoms with Crippen molar-refractivity contribution in [2.24, 2.45) is 5.92 Å². The van der Waals surface area contributed by atoms with Crippen LogP contribution in [0.1, 0.15) is 36.4 Å². The Morgan fingerprint density at radius 1 is 1.35 bits per heavy atom. The van der Waals surface area contributed by atoms with E-state index in [-0.39, 0.29) is 5.56 Å². The van der Waals surface area contributed by atoms with Gasteiger partial charge in [-0.3, -0.25) is 5.32 Å². The standard InChI is InChI=1S/C13H14F2N2/c14-13(15)11-3-1-2-10(6-11)12(7-16)17-8-9-4-5-9/h1-3,6,9,12-13,17H,4-5,8H2. The molecule has 0 radical (unpaired) electrons. The van der Waals surface area contributed by atoms with Gasteiger partial charge in [-0.2, -0.15) is 5.26 Å². The van der Waals surface area contributed by atoms with Gasteiger partial charge in [0.2, 0.25) is 0 Å². The summed E-state index contributed by atoms with van der Waals surface area (Å²) in [6.45, 7) is 0.789. The van der Waals surface area contributed by atoms with Gasteiger partial charge in [-0.1, -0.05) is 18.2 Å². The smallest absolute Gasteiger partial charge is 0.263 e. The van der Waals surface area contributed by atoms with Crippen molar-refractivity contribution in [1.82, 2.24) is 5.32 Å². The van der Waals surface area contributed by atoms with Gasteiger partial charge in [0, 0.05) is 5.56 Å². The van der Waals surface area contributed by atoms with Gasteiger partial charge in [0.05, 0.1) is 6.07 Å². The topological polar surface area (TPSA) is 35.8 Å². The van der Waals surface area contributed by atoms with Crippen LogP contribution < -0.4 is 5.32 Å². The molecule has 0 bridgehead atoms. The van der Waals surface area contributed by atoms with E-state index in [9.17, 15) is 8.78 Å². The number of benzene rings is 1. The van der Waals surface area contributed by atoms with Crippen molar-refractivity contribution in [1.29, 1.82) is 5.26 Å². The van der Waals surface area contributed by atoms with Crippen LogP contribution in [0.3, 0.4) is 0 Å². The highest BCUT2D eigenvalue weighted by atomic mass is 19.3. The van der Waals surface area contributed by atoms with Crippen molar-refractivity contribution in [3.8, 4) is 6.07 Å². The van der Waals surface area contributed by atoms with E-state index >= 15 is 0 Å². The lowest BCUT2D eigenvalue weighted by molar-refractivity contribution is 0.151. The fraction of sp³-hybridized carbons (Fsp3) is 0.462. The maximum absolute atomic E-state index is 12.5. The summed E-state index contributed by atoms with van der Waals surface area (Å²) in [6, 6.07) is 7.68. The third-order valence-corrected chi connectivity index (χ3v) is 2.93. The van der Waals surface area contributed by atoms with Crippen LogP contribution in [0.25, 0.3) is 0 Å². The normalized spacial score (nSPS) is 16.8. The Labute approximate surface area is 99.3 Å². The minimum Gasteiger partial charge on any atom is -0.298 e. The number of hydrogen-bond donors (Lipinski definition) is 1. The van der Waals surface area contributed by atoms with Crippen LogP contribution in [-0.2, 0) is 0 Å². The van der Waals surface area contributed by atoms with Gasteiger partial charge in [0.25, 0.3) is 6.43 Å². The molecule has 0 heterocycles. The van der Waals surface area contributed by atoms with Crippen LogP contribution in [0.2, 0.25) is 0 Å². The van der Waals surface area contributed by atoms with Crippen molar-refractivity contribution < 1.29 is 8.78 Å². The maximum Gasteiger partial charge on any atom is 0.263 e. The van der Waals surface area contributed by atoms with Crippen molar-refractivity contribution in [2.75, 3.05) is 6.54 Å². The average Bonchev–Trinajstić information content (AvgIpc) is 3.14. The molecule has 2 rings (SSSR count). The predicted molar refractivity (Wildman–Crippen MR) is 60.5 cm³/mol. The number of nitrogens with one attached hydrogen (secondary N) is 1. The molecule has 1 N–H and O–H groups in total. The highest BCUT2D eigenvalue weighted by Crippen LogP contribution is 2.29. The zero-order valence-corrected chi connectivity index (χ0v) is 9.37. The highest BCUT2D eigenvalue weighted by Gasteiger charge is 2.22. The molecule has 1 fully saturated rings. The number of hydrogen-bond acceptors (Lipinski definition) is 2. The first kappa shape index (κ1) is 12.0. The first-order chi connectivity index (χ1) is 8.20. The molecule has 0 saturated heterocycles. The van der Waals surface area contributed by atoms with Gasteiger partial charge in [-0.15, -0.1) is 0 Å². The van der Waals surface area contributed by atoms with Crippen LogP contribution in [0.4, 0.5) is 8.78 Å². The zero-order chi connectivity index (χ0) is 12.3. The van der Waals surface area contributed by atoms with Crippen molar-refractivity contribution in [3.05, 3.63) is 35.4 Å². The molecular weight excluding hydrogens is 222 g/mol. The second-order valence-corrected chi connectivity index (χ2v) is 4.38. The van der Waals surface area contributed by atoms with Gasteiger partial charge in [-0.05, 0) is 36.9 Å². The van der Waals surface area contributed by atoms with Crippen LogP contribution in [0.5, 0.6) is 0 Å². The van der Waals surface area contributed by atoms with E-state index in [1.807, 2.05) is 0 Å². The summed E-state index contributed by atoms with van der Waals surface area (Å²) >= 11 is 0. The molecule has 1 aromatic carbocycles. The summed E-state index contributed by atoms with van der Waals surface area (Å²) in [5.41, 5.74) is 0.585. The molecule has 1 aromatic rings. The largest absolute Gasteiger partial charge is 0.298 e. The molecule has 4 heteroatoms. The Kier molecular flexibility index (Phi) is 3.70. The molecular formula is C13H14F2N2. The van der Waals surface area contributed by atoms with E-state index in [0.717, 1.165) is 6.54 Å². The summed E-state index contributed by atoms with van der Waals surface area (Å²) in [5, 5.41) is 12.2. The Morgan fingerprint density at radius 3 is 2.65 bits per heavy atom. The van der Waals surface area contributed by atoms with Gasteiger partial charge >= 0.3 is 0 Å². The fourth-order valence-electron chi connectivity index (χ4n) is 1.72. The molecule has 0 amide bonds. The first-order valence-corrected chi connectivity index (χ1v) is 5.71. The lowest BCUT2D eigenvalue weighted by Gasteiger charge is -2.12. The van der Waals surface area contributed by atoms with Crippen LogP contribution >= 0.6 is 0 Å². The number of halogens is 2. The van der Waals surface area contributed by atoms with E-state index < -0.39 is 12.5 Å². The summed E-state index contributed by atoms with van der Waals surface area (Å²) in [6.07, 6.45) is -0.0949. The van der Waals surface area contributed by atoms with E-state index in [2.05, 4.69) is 11.4 Å². The third-order valence-electron chi connectivity index (χ3n) is 2.93. The maximum atomic E-state index is 12.5. The van der Waals surface area contributed by atoms with E-state index in [1.54, 1.807) is 12.1 Å². The number of nitrogens with zero attached hydrogens (tertiary/aromatic N) is 1. The van der Waals surface area contributed by atoms with Crippen molar-refractivity contribution >= 4 is 0 Å². The Bertz CT molecular complexity index is 422. The van der Waals surface area contributed by atoms with E-state index in [1.165, 1.54) is 25.0 Å². The highest BCUT2D eigenvalue weighted by molar-refractivity contribution is 5.29. The molecule has 2 nitrogen and oxygen atoms in total. The molecule has 1 saturated carbocycles. The van der Waals surface area contributed by atoms with Gasteiger partial charge in [0.1, 0.15) is 6.04 Å². The van der Waals surface area contributed by atoms with Gasteiger partial charge in [-0.25, -0.2) is 8.78 Å².